The molecule has 3 aromatic carbocycles. The molecule has 0 radical (unpaired) electrons. The zero-order valence-corrected chi connectivity index (χ0v) is 73.4. The number of phenolic OH excluding ortho intramolecular Hbond substituents is 1. The van der Waals surface area contributed by atoms with Crippen molar-refractivity contribution in [1.82, 2.24) is 90.1 Å². The van der Waals surface area contributed by atoms with E-state index in [9.17, 15) is 82.4 Å². The Labute approximate surface area is 741 Å². The molecular weight excluding hydrogens is 1670 g/mol. The first kappa shape index (κ1) is 106. The van der Waals surface area contributed by atoms with Gasteiger partial charge in [-0.05, 0) is 124 Å². The number of guanidine groups is 4. The number of para-hydroxylation sites is 1. The number of nitrogens with two attached hydrogens (primary N) is 6. The minimum Gasteiger partial charge on any atom is -0.508 e. The lowest BCUT2D eigenvalue weighted by molar-refractivity contribution is -0.142. The lowest BCUT2D eigenvalue weighted by Crippen LogP contribution is -2.62. The number of carbonyl (C=O) groups excluding carboxylic acids is 13. The average Bonchev–Trinajstić information content (AvgIpc) is 1.68. The Hall–Kier alpha value is -13.1. The maximum atomic E-state index is 15.0. The number of rotatable bonds is 57. The summed E-state index contributed by atoms with van der Waals surface area (Å²) in [4.78, 5) is 203. The number of carboxylic acids is 1. The number of hydrogen-bond donors (Lipinski definition) is 31. The van der Waals surface area contributed by atoms with Crippen molar-refractivity contribution in [2.75, 3.05) is 31.9 Å². The predicted octanol–water partition coefficient (Wildman–Crippen LogP) is -4.49. The zero-order chi connectivity index (χ0) is 94.7. The number of nitrogens with one attached hydrogen (secondary N) is 21. The van der Waals surface area contributed by atoms with Gasteiger partial charge in [0.25, 0.3) is 0 Å². The van der Waals surface area contributed by atoms with Crippen molar-refractivity contribution < 1.29 is 82.4 Å². The number of primary amides is 1. The number of aliphatic hydroxyl groups is 1. The first-order valence-electron chi connectivity index (χ1n) is 41.9. The molecule has 36 N–H and O–H groups in total. The largest absolute Gasteiger partial charge is 0.508 e. The van der Waals surface area contributed by atoms with Crippen LogP contribution in [0, 0.1) is 39.4 Å². The summed E-state index contributed by atoms with van der Waals surface area (Å²) in [7, 11) is 0. The zero-order valence-electron chi connectivity index (χ0n) is 72.5. The van der Waals surface area contributed by atoms with Gasteiger partial charge in [-0.25, -0.2) is 4.79 Å². The van der Waals surface area contributed by atoms with Crippen LogP contribution < -0.4 is 119 Å². The third-order valence-electron chi connectivity index (χ3n) is 20.4. The SMILES string of the molecule is CC[C@H](C)[C@H](N)C(=O)N[C@@H](CCCNC(=N)N)C(=O)N[C@H](C(=O)N[C@@H](CCCNC(=N)N)C(=O)N[C@@H](CCCNC(=N)N)C(=O)N[C@@H](CC(C)C)C(=O)N[C@@H](Cc1ccccc1)C(=O)N[C@@H](CS)C(=O)N[C@@H](CCCNC(=N)N)C(=O)N[C@H](C(=O)N[C@@H](CCC(N)=O)C(=O)N[C@@H](Cc1c[nH]c2ccccc12)C(=O)N[C@@H](Cc1ccc(O)cc1)C(=O)O)[C@@H](C)O)C(C)C. The van der Waals surface area contributed by atoms with E-state index >= 15 is 0 Å². The Balaban J connectivity index is 1.66. The third kappa shape index (κ3) is 38.5. The first-order chi connectivity index (χ1) is 60.0. The van der Waals surface area contributed by atoms with Crippen molar-refractivity contribution in [3.8, 4) is 5.75 Å². The standard InChI is InChI=1S/C82H129N27O17S/c1-8-44(6)63(84)75(122)100-55(25-17-35-96-82(91)92)69(116)108-64(43(4)5)76(123)101-53(23-15-33-94-80(87)88)66(113)98-52(22-14-32-93-79(85)86)67(114)103-57(36-42(2)3)71(118)104-58(37-46-18-10-9-11-19-46)72(119)107-61(41-127)74(121)99-54(24-16-34-95-81(89)90)70(117)109-65(45(7)110)77(124)102-56(30-31-62(83)112)68(115)105-59(39-48-40-97-51-21-13-12-20-50(48)51)73(120)106-60(78(125)126)38-47-26-28-49(111)29-27-47/h9-13,18-21,26-29,40,42-45,52-61,63-65,97,110-111,127H,8,14-17,22-25,30-39,41,84H2,1-7H3,(H2,83,112)(H,98,113)(H,99,121)(H,100,122)(H,101,123)(H,102,124)(H,103,114)(H,104,118)(H,105,115)(H,106,120)(H,107,119)(H,108,116)(H,109,117)(H,125,126)(H4,85,86,93)(H4,87,88,94)(H4,89,90,95)(H4,91,92,96)/t44-,45+,52-,53-,54-,55-,56-,57-,58-,59-,60-,61-,63-,64-,65-/m0/s1. The molecule has 0 unspecified atom stereocenters. The average molecular weight is 1800 g/mol. The van der Waals surface area contributed by atoms with Crippen LogP contribution >= 0.6 is 12.6 Å². The Bertz CT molecular complexity index is 4390. The molecule has 0 bridgehead atoms. The maximum absolute atomic E-state index is 15.0. The van der Waals surface area contributed by atoms with Crippen LogP contribution in [-0.4, -0.2) is 243 Å². The maximum Gasteiger partial charge on any atom is 0.326 e. The first-order valence-corrected chi connectivity index (χ1v) is 42.5. The summed E-state index contributed by atoms with van der Waals surface area (Å²) >= 11 is 4.38. The number of aromatic amines is 1. The van der Waals surface area contributed by atoms with Crippen molar-refractivity contribution in [1.29, 1.82) is 21.6 Å². The van der Waals surface area contributed by atoms with E-state index in [1.165, 1.54) is 24.3 Å². The van der Waals surface area contributed by atoms with Crippen LogP contribution in [0.4, 0.5) is 0 Å². The summed E-state index contributed by atoms with van der Waals surface area (Å²) in [5.74, 6) is -17.4. The summed E-state index contributed by atoms with van der Waals surface area (Å²) in [5.41, 5.74) is 36.0. The molecule has 4 aromatic rings. The fourth-order valence-corrected chi connectivity index (χ4v) is 13.4. The molecule has 0 aliphatic rings. The van der Waals surface area contributed by atoms with Gasteiger partial charge in [-0.1, -0.05) is 109 Å². The van der Waals surface area contributed by atoms with Gasteiger partial charge in [-0.3, -0.25) is 84.0 Å². The van der Waals surface area contributed by atoms with E-state index < -0.39 is 210 Å². The number of amides is 13. The van der Waals surface area contributed by atoms with Crippen LogP contribution in [-0.2, 0) is 86.4 Å². The molecule has 44 nitrogen and oxygen atoms in total. The second-order valence-electron chi connectivity index (χ2n) is 31.7. The number of carboxylic acid groups (broad SMARTS) is 1. The molecule has 127 heavy (non-hydrogen) atoms. The van der Waals surface area contributed by atoms with Crippen molar-refractivity contribution in [2.45, 2.75) is 229 Å². The Morgan fingerprint density at radius 2 is 0.772 bits per heavy atom. The van der Waals surface area contributed by atoms with Crippen molar-refractivity contribution >= 4 is 130 Å². The second-order valence-corrected chi connectivity index (χ2v) is 32.1. The van der Waals surface area contributed by atoms with Crippen LogP contribution in [0.25, 0.3) is 10.9 Å². The molecule has 1 aromatic heterocycles. The fraction of sp³-hybridized carbons (Fsp3) is 0.537. The molecule has 13 amide bonds. The number of aliphatic carboxylic acids is 1. The summed E-state index contributed by atoms with van der Waals surface area (Å²) in [6.07, 6.45) is -1.90. The molecule has 0 fully saturated rings. The van der Waals surface area contributed by atoms with Crippen LogP contribution in [0.15, 0.2) is 85.1 Å². The molecule has 0 aliphatic carbocycles. The van der Waals surface area contributed by atoms with Crippen LogP contribution in [0.5, 0.6) is 5.75 Å². The summed E-state index contributed by atoms with van der Waals surface area (Å²) in [6.45, 7) is 11.5. The highest BCUT2D eigenvalue weighted by molar-refractivity contribution is 7.80. The van der Waals surface area contributed by atoms with Crippen LogP contribution in [0.2, 0.25) is 0 Å². The third-order valence-corrected chi connectivity index (χ3v) is 20.8. The van der Waals surface area contributed by atoms with Gasteiger partial charge in [0.05, 0.1) is 12.1 Å². The number of benzene rings is 3. The molecule has 4 rings (SSSR count). The number of thiol groups is 1. The van der Waals surface area contributed by atoms with E-state index in [-0.39, 0.29) is 127 Å². The molecule has 15 atom stereocenters. The topological polar surface area (TPSA) is 759 Å². The molecular formula is C82H129N27O17S. The number of phenols is 1. The second kappa shape index (κ2) is 54.6. The molecule has 0 saturated carbocycles. The van der Waals surface area contributed by atoms with E-state index in [1.807, 2.05) is 6.92 Å². The van der Waals surface area contributed by atoms with Gasteiger partial charge in [0.2, 0.25) is 76.8 Å². The summed E-state index contributed by atoms with van der Waals surface area (Å²) in [5, 5.41) is 104. The minimum atomic E-state index is -1.97. The lowest BCUT2D eigenvalue weighted by Gasteiger charge is -2.29. The number of aliphatic hydroxyl groups excluding tert-OH is 1. The highest BCUT2D eigenvalue weighted by Gasteiger charge is 2.40. The molecule has 700 valence electrons. The number of aromatic hydroxyl groups is 1. The number of aromatic nitrogens is 1. The van der Waals surface area contributed by atoms with E-state index in [2.05, 4.69) is 103 Å². The Morgan fingerprint density at radius 1 is 0.417 bits per heavy atom. The van der Waals surface area contributed by atoms with Gasteiger partial charge in [0, 0.05) is 74.7 Å². The van der Waals surface area contributed by atoms with Crippen molar-refractivity contribution in [2.24, 2.45) is 52.2 Å². The van der Waals surface area contributed by atoms with E-state index in [0.717, 1.165) is 6.92 Å². The van der Waals surface area contributed by atoms with Gasteiger partial charge >= 0.3 is 5.97 Å². The number of hydrogen-bond acceptors (Lipinski definition) is 22. The van der Waals surface area contributed by atoms with E-state index in [4.69, 9.17) is 56.0 Å². The highest BCUT2D eigenvalue weighted by Crippen LogP contribution is 2.22. The Kier molecular flexibility index (Phi) is 45.7. The molecule has 0 saturated heterocycles. The number of carbonyl (C=O) groups is 14. The number of fused-ring (bicyclic) bond motifs is 1. The monoisotopic (exact) mass is 1800 g/mol. The highest BCUT2D eigenvalue weighted by atomic mass is 32.1. The summed E-state index contributed by atoms with van der Waals surface area (Å²) in [6, 6.07) is 0.962. The van der Waals surface area contributed by atoms with E-state index in [1.54, 1.807) is 95.4 Å². The molecule has 45 heteroatoms. The quantitative estimate of drug-likeness (QED) is 0.00857. The van der Waals surface area contributed by atoms with Crippen molar-refractivity contribution in [3.05, 3.63) is 102 Å². The number of H-pyrrole nitrogens is 1. The smallest absolute Gasteiger partial charge is 0.326 e. The molecule has 1 heterocycles. The molecule has 0 spiro atoms. The van der Waals surface area contributed by atoms with Gasteiger partial charge < -0.3 is 140 Å². The molecule has 0 aliphatic heterocycles. The summed E-state index contributed by atoms with van der Waals surface area (Å²) < 4.78 is 0. The lowest BCUT2D eigenvalue weighted by atomic mass is 9.98. The Morgan fingerprint density at radius 3 is 1.20 bits per heavy atom. The van der Waals surface area contributed by atoms with E-state index in [0.29, 0.717) is 34.0 Å². The van der Waals surface area contributed by atoms with Gasteiger partial charge in [-0.15, -0.1) is 0 Å². The minimum absolute atomic E-state index is 0.00723. The van der Waals surface area contributed by atoms with Crippen LogP contribution in [0.1, 0.15) is 142 Å². The van der Waals surface area contributed by atoms with Gasteiger partial charge in [-0.2, -0.15) is 12.6 Å². The normalized spacial score (nSPS) is 14.7. The van der Waals surface area contributed by atoms with Crippen LogP contribution in [0.3, 0.4) is 0 Å². The fourth-order valence-electron chi connectivity index (χ4n) is 13.2. The van der Waals surface area contributed by atoms with Gasteiger partial charge in [0.1, 0.15) is 78.3 Å². The van der Waals surface area contributed by atoms with Crippen molar-refractivity contribution in [3.63, 3.8) is 0 Å². The predicted molar refractivity (Wildman–Crippen MR) is 477 cm³/mol. The van der Waals surface area contributed by atoms with Gasteiger partial charge in [0.15, 0.2) is 23.8 Å².